The van der Waals surface area contributed by atoms with Crippen molar-refractivity contribution in [3.63, 3.8) is 0 Å². The Bertz CT molecular complexity index is 964. The molecule has 2 aromatic rings. The maximum Gasteiger partial charge on any atom is 0.416 e. The number of nitrogens with one attached hydrogen (secondary N) is 3. The monoisotopic (exact) mass is 490 g/mol. The number of hydrogen-bond donors (Lipinski definition) is 3. The van der Waals surface area contributed by atoms with E-state index in [-0.39, 0.29) is 29.2 Å². The van der Waals surface area contributed by atoms with Crippen LogP contribution in [0.15, 0.2) is 42.7 Å². The highest BCUT2D eigenvalue weighted by Gasteiger charge is 2.37. The van der Waals surface area contributed by atoms with Gasteiger partial charge < -0.3 is 16.0 Å². The predicted octanol–water partition coefficient (Wildman–Crippen LogP) is 5.15. The molecule has 1 aromatic carbocycles. The maximum atomic E-state index is 13.1. The molecule has 1 saturated carbocycles. The highest BCUT2D eigenvalue weighted by Crippen LogP contribution is 2.37. The Morgan fingerprint density at radius 3 is 2.03 bits per heavy atom. The molecular weight excluding hydrogens is 470 g/mol. The minimum absolute atomic E-state index is 0.0484. The third-order valence-electron chi connectivity index (χ3n) is 5.17. The van der Waals surface area contributed by atoms with E-state index in [1.54, 1.807) is 12.1 Å². The normalized spacial score (nSPS) is 19.0. The second kappa shape index (κ2) is 9.94. The van der Waals surface area contributed by atoms with Crippen LogP contribution < -0.4 is 16.0 Å². The summed E-state index contributed by atoms with van der Waals surface area (Å²) in [5.74, 6) is -0.339. The number of rotatable bonds is 4. The Hall–Kier alpha value is -2.89. The Balaban J connectivity index is 1.71. The molecule has 1 aromatic heterocycles. The zero-order valence-corrected chi connectivity index (χ0v) is 17.9. The molecule has 0 radical (unpaired) electrons. The molecule has 2 atom stereocenters. The summed E-state index contributed by atoms with van der Waals surface area (Å²) in [5.41, 5.74) is -2.96. The third-order valence-corrected chi connectivity index (χ3v) is 5.39. The molecule has 0 spiro atoms. The quantitative estimate of drug-likeness (QED) is 0.409. The third kappa shape index (κ3) is 6.80. The number of benzene rings is 1. The van der Waals surface area contributed by atoms with Gasteiger partial charge in [-0.05, 0) is 55.4 Å². The van der Waals surface area contributed by atoms with E-state index in [2.05, 4.69) is 20.9 Å². The fourth-order valence-corrected chi connectivity index (χ4v) is 3.86. The summed E-state index contributed by atoms with van der Waals surface area (Å²) >= 11 is 5.14. The number of pyridine rings is 1. The van der Waals surface area contributed by atoms with Gasteiger partial charge in [-0.25, -0.2) is 0 Å². The van der Waals surface area contributed by atoms with Crippen LogP contribution in [-0.2, 0) is 12.4 Å². The van der Waals surface area contributed by atoms with E-state index in [1.807, 2.05) is 0 Å². The van der Waals surface area contributed by atoms with E-state index < -0.39 is 29.2 Å². The van der Waals surface area contributed by atoms with Gasteiger partial charge in [0.1, 0.15) is 0 Å². The van der Waals surface area contributed by atoms with Gasteiger partial charge in [-0.1, -0.05) is 12.8 Å². The second-order valence-corrected chi connectivity index (χ2v) is 8.01. The Kier molecular flexibility index (Phi) is 7.45. The summed E-state index contributed by atoms with van der Waals surface area (Å²) < 4.78 is 78.4. The van der Waals surface area contributed by atoms with Crippen LogP contribution in [0, 0.1) is 0 Å². The lowest BCUT2D eigenvalue weighted by Gasteiger charge is -2.33. The van der Waals surface area contributed by atoms with E-state index in [4.69, 9.17) is 12.2 Å². The number of thiocarbonyl (C=S) groups is 1. The highest BCUT2D eigenvalue weighted by molar-refractivity contribution is 7.80. The van der Waals surface area contributed by atoms with Crippen LogP contribution in [0.4, 0.5) is 32.0 Å². The lowest BCUT2D eigenvalue weighted by atomic mass is 9.90. The summed E-state index contributed by atoms with van der Waals surface area (Å²) in [7, 11) is 0. The smallest absolute Gasteiger partial charge is 0.358 e. The van der Waals surface area contributed by atoms with Crippen molar-refractivity contribution in [3.05, 3.63) is 59.4 Å². The zero-order valence-electron chi connectivity index (χ0n) is 17.1. The first kappa shape index (κ1) is 24.7. The van der Waals surface area contributed by atoms with Gasteiger partial charge in [0.25, 0.3) is 5.91 Å². The number of alkyl halides is 6. The van der Waals surface area contributed by atoms with Gasteiger partial charge in [0, 0.05) is 30.2 Å². The summed E-state index contributed by atoms with van der Waals surface area (Å²) in [6, 6.07) is 3.70. The Labute approximate surface area is 191 Å². The number of carbonyl (C=O) groups excluding carboxylic acids is 1. The molecule has 1 fully saturated rings. The Morgan fingerprint density at radius 2 is 1.52 bits per heavy atom. The van der Waals surface area contributed by atoms with Crippen LogP contribution >= 0.6 is 12.2 Å². The molecule has 1 heterocycles. The van der Waals surface area contributed by atoms with Gasteiger partial charge in [-0.2, -0.15) is 26.3 Å². The van der Waals surface area contributed by atoms with Crippen molar-refractivity contribution in [2.45, 2.75) is 50.1 Å². The molecule has 1 amide bonds. The molecule has 178 valence electrons. The SMILES string of the molecule is O=C(N[C@@H]1CCCC[C@H]1NC(=S)Nc1cc(C(F)(F)F)cc(C(F)(F)F)c1)c1cccnc1. The van der Waals surface area contributed by atoms with Crippen molar-refractivity contribution in [3.8, 4) is 0 Å². The second-order valence-electron chi connectivity index (χ2n) is 7.61. The van der Waals surface area contributed by atoms with Crippen LogP contribution in [0.25, 0.3) is 0 Å². The first-order valence-corrected chi connectivity index (χ1v) is 10.4. The van der Waals surface area contributed by atoms with E-state index in [1.165, 1.54) is 12.4 Å². The molecule has 1 aliphatic carbocycles. The largest absolute Gasteiger partial charge is 0.416 e. The van der Waals surface area contributed by atoms with Crippen molar-refractivity contribution in [1.29, 1.82) is 0 Å². The number of carbonyl (C=O) groups is 1. The average Bonchev–Trinajstić information content (AvgIpc) is 2.74. The van der Waals surface area contributed by atoms with Gasteiger partial charge in [0.05, 0.1) is 16.7 Å². The lowest BCUT2D eigenvalue weighted by Crippen LogP contribution is -2.54. The van der Waals surface area contributed by atoms with Crippen LogP contribution in [0.5, 0.6) is 0 Å². The summed E-state index contributed by atoms with van der Waals surface area (Å²) in [4.78, 5) is 16.4. The molecule has 0 saturated heterocycles. The van der Waals surface area contributed by atoms with E-state index >= 15 is 0 Å². The van der Waals surface area contributed by atoms with Crippen LogP contribution in [0.3, 0.4) is 0 Å². The van der Waals surface area contributed by atoms with Crippen molar-refractivity contribution >= 4 is 28.9 Å². The van der Waals surface area contributed by atoms with Crippen molar-refractivity contribution in [2.24, 2.45) is 0 Å². The minimum atomic E-state index is -4.96. The molecule has 33 heavy (non-hydrogen) atoms. The van der Waals surface area contributed by atoms with Gasteiger partial charge in [0.2, 0.25) is 0 Å². The molecule has 12 heteroatoms. The number of anilines is 1. The highest BCUT2D eigenvalue weighted by atomic mass is 32.1. The molecule has 0 bridgehead atoms. The van der Waals surface area contributed by atoms with Crippen molar-refractivity contribution in [1.82, 2.24) is 15.6 Å². The van der Waals surface area contributed by atoms with Gasteiger partial charge in [-0.15, -0.1) is 0 Å². The van der Waals surface area contributed by atoms with E-state index in [9.17, 15) is 31.1 Å². The topological polar surface area (TPSA) is 66.1 Å². The van der Waals surface area contributed by atoms with Crippen molar-refractivity contribution in [2.75, 3.05) is 5.32 Å². The average molecular weight is 490 g/mol. The van der Waals surface area contributed by atoms with Crippen LogP contribution in [0.2, 0.25) is 0 Å². The Morgan fingerprint density at radius 1 is 0.939 bits per heavy atom. The van der Waals surface area contributed by atoms with Crippen molar-refractivity contribution < 1.29 is 31.1 Å². The van der Waals surface area contributed by atoms with Crippen LogP contribution in [-0.4, -0.2) is 28.1 Å². The molecule has 0 aliphatic heterocycles. The summed E-state index contributed by atoms with van der Waals surface area (Å²) in [6.45, 7) is 0. The molecule has 3 N–H and O–H groups in total. The number of nitrogens with zero attached hydrogens (tertiary/aromatic N) is 1. The first-order valence-electron chi connectivity index (χ1n) is 10.0. The molecular formula is C21H20F6N4OS. The predicted molar refractivity (Wildman–Crippen MR) is 114 cm³/mol. The van der Waals surface area contributed by atoms with Crippen LogP contribution in [0.1, 0.15) is 47.2 Å². The summed E-state index contributed by atoms with van der Waals surface area (Å²) in [6.07, 6.45) is -4.07. The standard InChI is InChI=1S/C21H20F6N4OS/c22-20(23,24)13-8-14(21(25,26)27)10-15(9-13)29-19(33)31-17-6-2-1-5-16(17)30-18(32)12-4-3-7-28-11-12/h3-4,7-11,16-17H,1-2,5-6H2,(H,30,32)(H2,29,31,33)/t16-,17-/m1/s1. The van der Waals surface area contributed by atoms with E-state index in [0.717, 1.165) is 12.8 Å². The zero-order chi connectivity index (χ0) is 24.2. The van der Waals surface area contributed by atoms with Gasteiger partial charge >= 0.3 is 12.4 Å². The molecule has 3 rings (SSSR count). The maximum absolute atomic E-state index is 13.1. The van der Waals surface area contributed by atoms with Gasteiger partial charge in [0.15, 0.2) is 5.11 Å². The van der Waals surface area contributed by atoms with E-state index in [0.29, 0.717) is 30.5 Å². The molecule has 1 aliphatic rings. The number of aromatic nitrogens is 1. The fraction of sp³-hybridized carbons (Fsp3) is 0.381. The number of hydrogen-bond acceptors (Lipinski definition) is 3. The minimum Gasteiger partial charge on any atom is -0.358 e. The number of amides is 1. The number of halogens is 6. The molecule has 5 nitrogen and oxygen atoms in total. The molecule has 0 unspecified atom stereocenters. The lowest BCUT2D eigenvalue weighted by molar-refractivity contribution is -0.143. The fourth-order valence-electron chi connectivity index (χ4n) is 3.59. The summed E-state index contributed by atoms with van der Waals surface area (Å²) in [5, 5.41) is 8.08. The van der Waals surface area contributed by atoms with Gasteiger partial charge in [-0.3, -0.25) is 9.78 Å². The first-order chi connectivity index (χ1) is 15.4.